The van der Waals surface area contributed by atoms with E-state index < -0.39 is 8.07 Å². The van der Waals surface area contributed by atoms with Crippen LogP contribution in [0.4, 0.5) is 5.69 Å². The van der Waals surface area contributed by atoms with Crippen LogP contribution in [0.3, 0.4) is 0 Å². The fourth-order valence-corrected chi connectivity index (χ4v) is 5.36. The third-order valence-corrected chi connectivity index (χ3v) is 7.91. The third kappa shape index (κ3) is 17.3. The number of anilines is 1. The van der Waals surface area contributed by atoms with Crippen LogP contribution >= 0.6 is 0 Å². The molecule has 0 aliphatic rings. The van der Waals surface area contributed by atoms with E-state index in [0.29, 0.717) is 13.0 Å². The number of esters is 1. The molecule has 0 bridgehead atoms. The molecule has 32 heavy (non-hydrogen) atoms. The molecule has 1 aromatic carbocycles. The fraction of sp³-hybridized carbons (Fsp3) is 0.750. The van der Waals surface area contributed by atoms with E-state index in [0.717, 1.165) is 13.0 Å². The molecule has 0 saturated carbocycles. The van der Waals surface area contributed by atoms with Crippen molar-refractivity contribution in [3.8, 4) is 0 Å². The average molecular weight is 462 g/mol. The van der Waals surface area contributed by atoms with Crippen LogP contribution < -0.4 is 5.32 Å². The molecular weight excluding hydrogens is 410 g/mol. The highest BCUT2D eigenvalue weighted by Gasteiger charge is 2.11. The summed E-state index contributed by atoms with van der Waals surface area (Å²) < 4.78 is 4.98. The number of nitrogens with one attached hydrogen (secondary N) is 1. The first-order valence-corrected chi connectivity index (χ1v) is 17.1. The minimum Gasteiger partial charge on any atom is -0.466 e. The molecule has 0 aromatic heterocycles. The summed E-state index contributed by atoms with van der Waals surface area (Å²) in [6.07, 6.45) is 18.1. The van der Waals surface area contributed by atoms with Gasteiger partial charge in [-0.3, -0.25) is 4.79 Å². The molecule has 4 heteroatoms. The Morgan fingerprint density at radius 2 is 1.28 bits per heavy atom. The van der Waals surface area contributed by atoms with Crippen molar-refractivity contribution in [1.82, 2.24) is 0 Å². The molecule has 0 spiro atoms. The van der Waals surface area contributed by atoms with Crippen LogP contribution in [0.1, 0.15) is 96.0 Å². The van der Waals surface area contributed by atoms with Crippen LogP contribution in [0.2, 0.25) is 25.7 Å². The Bertz CT molecular complexity index is 580. The Labute approximate surface area is 200 Å². The lowest BCUT2D eigenvalue weighted by Gasteiger charge is -2.14. The zero-order valence-corrected chi connectivity index (χ0v) is 22.6. The molecule has 0 heterocycles. The first kappa shape index (κ1) is 28.7. The number of aryl methyl sites for hydroxylation is 1. The van der Waals surface area contributed by atoms with Crippen molar-refractivity contribution in [1.29, 1.82) is 0 Å². The summed E-state index contributed by atoms with van der Waals surface area (Å²) in [6, 6.07) is 9.96. The van der Waals surface area contributed by atoms with Gasteiger partial charge in [0, 0.05) is 26.7 Å². The van der Waals surface area contributed by atoms with Gasteiger partial charge in [0.25, 0.3) is 0 Å². The summed E-state index contributed by atoms with van der Waals surface area (Å²) in [7, 11) is -0.805. The maximum atomic E-state index is 11.4. The molecule has 0 aliphatic carbocycles. The van der Waals surface area contributed by atoms with Crippen LogP contribution in [-0.2, 0) is 16.0 Å². The van der Waals surface area contributed by atoms with Crippen molar-refractivity contribution >= 4 is 19.7 Å². The SMILES string of the molecule is CCOC(=O)CCc1ccc(NCCCCCCCCCCCCCC[Si](C)(C)C)cc1. The molecular formula is C28H51NO2Si. The minimum absolute atomic E-state index is 0.113. The lowest BCUT2D eigenvalue weighted by Crippen LogP contribution is -2.18. The molecule has 1 N–H and O–H groups in total. The lowest BCUT2D eigenvalue weighted by atomic mass is 10.1. The van der Waals surface area contributed by atoms with Gasteiger partial charge in [0.05, 0.1) is 6.61 Å². The molecule has 0 unspecified atom stereocenters. The average Bonchev–Trinajstić information content (AvgIpc) is 2.75. The molecule has 3 nitrogen and oxygen atoms in total. The standard InChI is InChI=1S/C28H51NO2Si/c1-5-31-28(30)23-20-26-18-21-27(22-19-26)29-24-16-14-12-10-8-6-7-9-11-13-15-17-25-32(2,3)4/h18-19,21-22,29H,5-17,20,23-25H2,1-4H3. The Balaban J connectivity index is 1.88. The first-order chi connectivity index (χ1) is 15.4. The quantitative estimate of drug-likeness (QED) is 0.120. The summed E-state index contributed by atoms with van der Waals surface area (Å²) in [5.41, 5.74) is 2.36. The number of benzene rings is 1. The van der Waals surface area contributed by atoms with Crippen LogP contribution in [0.25, 0.3) is 0 Å². The van der Waals surface area contributed by atoms with Gasteiger partial charge in [0.15, 0.2) is 0 Å². The predicted octanol–water partition coefficient (Wildman–Crippen LogP) is 8.61. The second-order valence-corrected chi connectivity index (χ2v) is 16.1. The van der Waals surface area contributed by atoms with Crippen molar-refractivity contribution in [2.45, 2.75) is 123 Å². The van der Waals surface area contributed by atoms with Gasteiger partial charge in [-0.05, 0) is 37.5 Å². The molecule has 0 atom stereocenters. The van der Waals surface area contributed by atoms with E-state index in [9.17, 15) is 4.79 Å². The van der Waals surface area contributed by atoms with E-state index in [2.05, 4.69) is 49.2 Å². The highest BCUT2D eigenvalue weighted by molar-refractivity contribution is 6.76. The van der Waals surface area contributed by atoms with E-state index in [1.54, 1.807) is 0 Å². The molecule has 0 saturated heterocycles. The van der Waals surface area contributed by atoms with Gasteiger partial charge in [-0.1, -0.05) is 108 Å². The number of ether oxygens (including phenoxy) is 1. The second kappa shape index (κ2) is 18.2. The van der Waals surface area contributed by atoms with Crippen molar-refractivity contribution in [2.24, 2.45) is 0 Å². The van der Waals surface area contributed by atoms with Crippen LogP contribution in [-0.4, -0.2) is 27.2 Å². The largest absolute Gasteiger partial charge is 0.466 e. The highest BCUT2D eigenvalue weighted by atomic mass is 28.3. The fourth-order valence-electron chi connectivity index (χ4n) is 4.05. The van der Waals surface area contributed by atoms with Gasteiger partial charge in [0.2, 0.25) is 0 Å². The molecule has 0 fully saturated rings. The molecule has 0 amide bonds. The summed E-state index contributed by atoms with van der Waals surface area (Å²) in [4.78, 5) is 11.4. The molecule has 184 valence electrons. The van der Waals surface area contributed by atoms with Crippen LogP contribution in [0.15, 0.2) is 24.3 Å². The first-order valence-electron chi connectivity index (χ1n) is 13.4. The van der Waals surface area contributed by atoms with Gasteiger partial charge in [-0.25, -0.2) is 0 Å². The van der Waals surface area contributed by atoms with Crippen molar-refractivity contribution < 1.29 is 9.53 Å². The van der Waals surface area contributed by atoms with Crippen LogP contribution in [0, 0.1) is 0 Å². The highest BCUT2D eigenvalue weighted by Crippen LogP contribution is 2.17. The number of rotatable bonds is 20. The Hall–Kier alpha value is -1.29. The van der Waals surface area contributed by atoms with Gasteiger partial charge >= 0.3 is 5.97 Å². The number of unbranched alkanes of at least 4 members (excludes halogenated alkanes) is 11. The van der Waals surface area contributed by atoms with E-state index in [1.807, 2.05) is 6.92 Å². The number of carbonyl (C=O) groups excluding carboxylic acids is 1. The van der Waals surface area contributed by atoms with Crippen LogP contribution in [0.5, 0.6) is 0 Å². The van der Waals surface area contributed by atoms with E-state index >= 15 is 0 Å². The predicted molar refractivity (Wildman–Crippen MR) is 143 cm³/mol. The number of carbonyl (C=O) groups is 1. The summed E-state index contributed by atoms with van der Waals surface area (Å²) >= 11 is 0. The van der Waals surface area contributed by atoms with Crippen molar-refractivity contribution in [2.75, 3.05) is 18.5 Å². The molecule has 0 radical (unpaired) electrons. The van der Waals surface area contributed by atoms with Gasteiger partial charge in [-0.2, -0.15) is 0 Å². The second-order valence-electron chi connectivity index (χ2n) is 10.5. The third-order valence-electron chi connectivity index (χ3n) is 6.06. The summed E-state index contributed by atoms with van der Waals surface area (Å²) in [6.45, 7) is 10.8. The normalized spacial score (nSPS) is 11.5. The minimum atomic E-state index is -0.805. The molecule has 0 aliphatic heterocycles. The van der Waals surface area contributed by atoms with Gasteiger partial charge < -0.3 is 10.1 Å². The maximum Gasteiger partial charge on any atom is 0.306 e. The van der Waals surface area contributed by atoms with E-state index in [-0.39, 0.29) is 5.97 Å². The Kier molecular flexibility index (Phi) is 16.3. The lowest BCUT2D eigenvalue weighted by molar-refractivity contribution is -0.143. The van der Waals surface area contributed by atoms with Gasteiger partial charge in [0.1, 0.15) is 0 Å². The van der Waals surface area contributed by atoms with Crippen molar-refractivity contribution in [3.63, 3.8) is 0 Å². The molecule has 1 aromatic rings. The van der Waals surface area contributed by atoms with Gasteiger partial charge in [-0.15, -0.1) is 0 Å². The van der Waals surface area contributed by atoms with Crippen molar-refractivity contribution in [3.05, 3.63) is 29.8 Å². The smallest absolute Gasteiger partial charge is 0.306 e. The molecule has 1 rings (SSSR count). The Morgan fingerprint density at radius 3 is 1.78 bits per heavy atom. The topological polar surface area (TPSA) is 38.3 Å². The van der Waals surface area contributed by atoms with E-state index in [4.69, 9.17) is 4.74 Å². The Morgan fingerprint density at radius 1 is 0.781 bits per heavy atom. The van der Waals surface area contributed by atoms with E-state index in [1.165, 1.54) is 94.3 Å². The number of hydrogen-bond donors (Lipinski definition) is 1. The summed E-state index contributed by atoms with van der Waals surface area (Å²) in [5.74, 6) is -0.113. The maximum absolute atomic E-state index is 11.4. The zero-order valence-electron chi connectivity index (χ0n) is 21.6. The zero-order chi connectivity index (χ0) is 23.5. The summed E-state index contributed by atoms with van der Waals surface area (Å²) in [5, 5.41) is 3.52. The number of hydrogen-bond acceptors (Lipinski definition) is 3. The monoisotopic (exact) mass is 461 g/mol.